The van der Waals surface area contributed by atoms with Crippen LogP contribution in [0.25, 0.3) is 0 Å². The number of rotatable bonds is 3. The molecule has 1 rings (SSSR count). The van der Waals surface area contributed by atoms with Crippen molar-refractivity contribution in [2.45, 2.75) is 18.5 Å². The second kappa shape index (κ2) is 4.32. The van der Waals surface area contributed by atoms with E-state index in [1.165, 1.54) is 0 Å². The molecule has 1 heterocycles. The number of halogens is 5. The topological polar surface area (TPSA) is 38.9 Å². The molecule has 0 fully saturated rings. The Labute approximate surface area is 88.3 Å². The molecular weight excluding hydrogens is 231 g/mol. The molecule has 1 aromatic heterocycles. The summed E-state index contributed by atoms with van der Waals surface area (Å²) in [5.41, 5.74) is 3.20. The van der Waals surface area contributed by atoms with Gasteiger partial charge in [-0.05, 0) is 18.7 Å². The normalized spacial score (nSPS) is 12.9. The molecule has 0 unspecified atom stereocenters. The molecule has 0 spiro atoms. The number of pyridine rings is 1. The monoisotopic (exact) mass is 240 g/mol. The molecular formula is C9H9F5N2. The van der Waals surface area contributed by atoms with Gasteiger partial charge < -0.3 is 5.73 Å². The van der Waals surface area contributed by atoms with Crippen LogP contribution in [0.5, 0.6) is 0 Å². The molecule has 16 heavy (non-hydrogen) atoms. The summed E-state index contributed by atoms with van der Waals surface area (Å²) in [6.07, 6.45) is -4.83. The minimum absolute atomic E-state index is 0.268. The van der Waals surface area contributed by atoms with E-state index in [9.17, 15) is 22.0 Å². The highest BCUT2D eigenvalue weighted by Crippen LogP contribution is 2.32. The summed E-state index contributed by atoms with van der Waals surface area (Å²) in [4.78, 5) is 3.11. The van der Waals surface area contributed by atoms with Gasteiger partial charge in [0.1, 0.15) is 5.69 Å². The fourth-order valence-electron chi connectivity index (χ4n) is 1.09. The Morgan fingerprint density at radius 2 is 1.75 bits per heavy atom. The SMILES string of the molecule is NCCC(F)(F)c1ccc(C(F)(F)F)cn1. The summed E-state index contributed by atoms with van der Waals surface area (Å²) in [6, 6.07) is 1.24. The van der Waals surface area contributed by atoms with Gasteiger partial charge in [-0.1, -0.05) is 0 Å². The minimum atomic E-state index is -4.57. The van der Waals surface area contributed by atoms with Gasteiger partial charge in [-0.3, -0.25) is 4.98 Å². The quantitative estimate of drug-likeness (QED) is 0.824. The molecule has 0 saturated carbocycles. The van der Waals surface area contributed by atoms with Gasteiger partial charge in [-0.2, -0.15) is 22.0 Å². The standard InChI is InChI=1S/C9H9F5N2/c10-8(11,3-4-15)7-2-1-6(5-16-7)9(12,13)14/h1-2,5H,3-4,15H2. The molecule has 0 amide bonds. The lowest BCUT2D eigenvalue weighted by Gasteiger charge is -2.15. The average molecular weight is 240 g/mol. The van der Waals surface area contributed by atoms with Crippen LogP contribution in [0.4, 0.5) is 22.0 Å². The first-order valence-electron chi connectivity index (χ1n) is 4.39. The van der Waals surface area contributed by atoms with Crippen LogP contribution < -0.4 is 5.73 Å². The van der Waals surface area contributed by atoms with Gasteiger partial charge in [0.15, 0.2) is 0 Å². The molecule has 90 valence electrons. The third-order valence-electron chi connectivity index (χ3n) is 1.92. The largest absolute Gasteiger partial charge is 0.417 e. The van der Waals surface area contributed by atoms with Crippen molar-refractivity contribution in [1.29, 1.82) is 0 Å². The lowest BCUT2D eigenvalue weighted by atomic mass is 10.1. The predicted octanol–water partition coefficient (Wildman–Crippen LogP) is 2.54. The molecule has 0 atom stereocenters. The van der Waals surface area contributed by atoms with E-state index in [0.717, 1.165) is 0 Å². The van der Waals surface area contributed by atoms with E-state index in [-0.39, 0.29) is 6.54 Å². The van der Waals surface area contributed by atoms with Crippen molar-refractivity contribution in [1.82, 2.24) is 4.98 Å². The number of nitrogens with two attached hydrogens (primary N) is 1. The van der Waals surface area contributed by atoms with E-state index >= 15 is 0 Å². The highest BCUT2D eigenvalue weighted by molar-refractivity contribution is 5.19. The summed E-state index contributed by atoms with van der Waals surface area (Å²) in [5.74, 6) is -3.29. The second-order valence-corrected chi connectivity index (χ2v) is 3.17. The van der Waals surface area contributed by atoms with Gasteiger partial charge in [-0.25, -0.2) is 0 Å². The molecule has 0 aliphatic carbocycles. The lowest BCUT2D eigenvalue weighted by molar-refractivity contribution is -0.138. The molecule has 7 heteroatoms. The maximum atomic E-state index is 13.2. The zero-order chi connectivity index (χ0) is 12.4. The molecule has 0 saturated heterocycles. The van der Waals surface area contributed by atoms with Crippen molar-refractivity contribution in [2.75, 3.05) is 6.54 Å². The Kier molecular flexibility index (Phi) is 3.47. The average Bonchev–Trinajstić information content (AvgIpc) is 2.16. The van der Waals surface area contributed by atoms with Crippen LogP contribution in [0.15, 0.2) is 18.3 Å². The van der Waals surface area contributed by atoms with Crippen molar-refractivity contribution in [3.05, 3.63) is 29.6 Å². The molecule has 2 nitrogen and oxygen atoms in total. The van der Waals surface area contributed by atoms with Crippen LogP contribution in [-0.2, 0) is 12.1 Å². The van der Waals surface area contributed by atoms with E-state index in [4.69, 9.17) is 5.73 Å². The molecule has 0 aliphatic rings. The van der Waals surface area contributed by atoms with E-state index in [0.29, 0.717) is 18.3 Å². The first-order chi connectivity index (χ1) is 7.27. The van der Waals surface area contributed by atoms with Crippen LogP contribution >= 0.6 is 0 Å². The highest BCUT2D eigenvalue weighted by Gasteiger charge is 2.35. The first kappa shape index (κ1) is 12.8. The van der Waals surface area contributed by atoms with E-state index in [1.54, 1.807) is 0 Å². The molecule has 0 aliphatic heterocycles. The van der Waals surface area contributed by atoms with Crippen LogP contribution in [0.1, 0.15) is 17.7 Å². The summed E-state index contributed by atoms with van der Waals surface area (Å²) in [5, 5.41) is 0. The Morgan fingerprint density at radius 1 is 1.12 bits per heavy atom. The van der Waals surface area contributed by atoms with Crippen molar-refractivity contribution < 1.29 is 22.0 Å². The number of hydrogen-bond acceptors (Lipinski definition) is 2. The van der Waals surface area contributed by atoms with Gasteiger partial charge in [0, 0.05) is 12.6 Å². The van der Waals surface area contributed by atoms with Crippen LogP contribution in [0, 0.1) is 0 Å². The minimum Gasteiger partial charge on any atom is -0.330 e. The zero-order valence-corrected chi connectivity index (χ0v) is 8.06. The number of nitrogens with zero attached hydrogens (tertiary/aromatic N) is 1. The molecule has 1 aromatic rings. The van der Waals surface area contributed by atoms with Gasteiger partial charge in [-0.15, -0.1) is 0 Å². The van der Waals surface area contributed by atoms with Crippen molar-refractivity contribution in [2.24, 2.45) is 5.73 Å². The second-order valence-electron chi connectivity index (χ2n) is 3.17. The Bertz CT molecular complexity index is 344. The van der Waals surface area contributed by atoms with Gasteiger partial charge in [0.2, 0.25) is 0 Å². The van der Waals surface area contributed by atoms with Crippen molar-refractivity contribution >= 4 is 0 Å². The summed E-state index contributed by atoms with van der Waals surface area (Å²) < 4.78 is 62.7. The van der Waals surface area contributed by atoms with E-state index < -0.39 is 29.8 Å². The number of alkyl halides is 5. The van der Waals surface area contributed by atoms with Gasteiger partial charge in [0.25, 0.3) is 5.92 Å². The Balaban J connectivity index is 2.95. The number of hydrogen-bond donors (Lipinski definition) is 1. The van der Waals surface area contributed by atoms with E-state index in [1.807, 2.05) is 0 Å². The maximum absolute atomic E-state index is 13.2. The van der Waals surface area contributed by atoms with Crippen molar-refractivity contribution in [3.8, 4) is 0 Å². The third-order valence-corrected chi connectivity index (χ3v) is 1.92. The predicted molar refractivity (Wildman–Crippen MR) is 46.8 cm³/mol. The zero-order valence-electron chi connectivity index (χ0n) is 8.06. The van der Waals surface area contributed by atoms with Crippen LogP contribution in [0.3, 0.4) is 0 Å². The summed E-state index contributed by atoms with van der Waals surface area (Å²) in [6.45, 7) is -0.268. The number of aromatic nitrogens is 1. The maximum Gasteiger partial charge on any atom is 0.417 e. The molecule has 0 bridgehead atoms. The van der Waals surface area contributed by atoms with Gasteiger partial charge >= 0.3 is 6.18 Å². The smallest absolute Gasteiger partial charge is 0.330 e. The lowest BCUT2D eigenvalue weighted by Crippen LogP contribution is -2.20. The van der Waals surface area contributed by atoms with Crippen molar-refractivity contribution in [3.63, 3.8) is 0 Å². The fourth-order valence-corrected chi connectivity index (χ4v) is 1.09. The van der Waals surface area contributed by atoms with Crippen LogP contribution in [-0.4, -0.2) is 11.5 Å². The Hall–Kier alpha value is -1.24. The Morgan fingerprint density at radius 3 is 2.12 bits per heavy atom. The summed E-state index contributed by atoms with van der Waals surface area (Å²) >= 11 is 0. The first-order valence-corrected chi connectivity index (χ1v) is 4.39. The summed E-state index contributed by atoms with van der Waals surface area (Å²) in [7, 11) is 0. The molecule has 0 radical (unpaired) electrons. The van der Waals surface area contributed by atoms with Crippen LogP contribution in [0.2, 0.25) is 0 Å². The van der Waals surface area contributed by atoms with E-state index in [2.05, 4.69) is 4.98 Å². The fraction of sp³-hybridized carbons (Fsp3) is 0.444. The highest BCUT2D eigenvalue weighted by atomic mass is 19.4. The van der Waals surface area contributed by atoms with Gasteiger partial charge in [0.05, 0.1) is 5.56 Å². The third kappa shape index (κ3) is 2.88. The molecule has 2 N–H and O–H groups in total. The molecule has 0 aromatic carbocycles.